The fourth-order valence-electron chi connectivity index (χ4n) is 6.05. The van der Waals surface area contributed by atoms with Crippen molar-refractivity contribution in [2.45, 2.75) is 31.5 Å². The second-order valence-electron chi connectivity index (χ2n) is 10.7. The summed E-state index contributed by atoms with van der Waals surface area (Å²) < 4.78 is 15.2. The van der Waals surface area contributed by atoms with Crippen molar-refractivity contribution in [3.05, 3.63) is 104 Å². The molecule has 2 saturated heterocycles. The van der Waals surface area contributed by atoms with Crippen LogP contribution in [0.4, 0.5) is 4.39 Å². The number of piperazine rings is 1. The Morgan fingerprint density at radius 2 is 1.48 bits per heavy atom. The first-order valence-electron chi connectivity index (χ1n) is 13.7. The van der Waals surface area contributed by atoms with Gasteiger partial charge in [-0.25, -0.2) is 4.39 Å². The van der Waals surface area contributed by atoms with Gasteiger partial charge in [-0.05, 0) is 59.5 Å². The van der Waals surface area contributed by atoms with Gasteiger partial charge in [0.15, 0.2) is 0 Å². The Balaban J connectivity index is 1.18. The summed E-state index contributed by atoms with van der Waals surface area (Å²) in [7, 11) is 0. The van der Waals surface area contributed by atoms with Crippen LogP contribution in [-0.2, 0) is 16.1 Å². The number of fused-ring (bicyclic) bond motifs is 1. The van der Waals surface area contributed by atoms with Gasteiger partial charge >= 0.3 is 0 Å². The number of nitrogens with one attached hydrogen (secondary N) is 1. The molecule has 42 heavy (non-hydrogen) atoms. The number of hydrogen-bond donors (Lipinski definition) is 1. The Morgan fingerprint density at radius 3 is 2.05 bits per heavy atom. The highest BCUT2D eigenvalue weighted by Crippen LogP contribution is 2.33. The van der Waals surface area contributed by atoms with Crippen molar-refractivity contribution in [1.82, 2.24) is 20.0 Å². The van der Waals surface area contributed by atoms with Crippen LogP contribution >= 0.6 is 23.2 Å². The Hall–Kier alpha value is -3.79. The quantitative estimate of drug-likeness (QED) is 0.433. The number of halogens is 3. The molecule has 8 nitrogen and oxygen atoms in total. The van der Waals surface area contributed by atoms with Crippen molar-refractivity contribution in [2.24, 2.45) is 0 Å². The molecule has 3 heterocycles. The maximum absolute atomic E-state index is 15.2. The first-order valence-corrected chi connectivity index (χ1v) is 14.5. The van der Waals surface area contributed by atoms with E-state index in [-0.39, 0.29) is 42.5 Å². The predicted octanol–water partition coefficient (Wildman–Crippen LogP) is 4.44. The summed E-state index contributed by atoms with van der Waals surface area (Å²) in [6.45, 7) is 2.01. The van der Waals surface area contributed by atoms with Gasteiger partial charge in [-0.3, -0.25) is 29.4 Å². The molecule has 2 fully saturated rings. The zero-order chi connectivity index (χ0) is 29.5. The van der Waals surface area contributed by atoms with Crippen LogP contribution in [-0.4, -0.2) is 70.5 Å². The highest BCUT2D eigenvalue weighted by molar-refractivity contribution is 6.30. The van der Waals surface area contributed by atoms with E-state index < -0.39 is 29.6 Å². The minimum Gasteiger partial charge on any atom is -0.336 e. The van der Waals surface area contributed by atoms with E-state index in [4.69, 9.17) is 23.2 Å². The van der Waals surface area contributed by atoms with Crippen LogP contribution in [0.1, 0.15) is 56.3 Å². The van der Waals surface area contributed by atoms with Crippen molar-refractivity contribution in [3.8, 4) is 0 Å². The standard InChI is InChI=1S/C31H27Cl2FN4O4/c32-22-5-1-18(2-6-22)28(19-3-7-23(33)8-4-19)36-11-13-37(14-12-36)30(41)20-15-21-17-38(31(42)27(21)24(34)16-20)25-9-10-26(39)35-29(25)40/h1-8,15-16,25,28H,9-14,17H2,(H,35,39,40). The highest BCUT2D eigenvalue weighted by atomic mass is 35.5. The number of imide groups is 1. The monoisotopic (exact) mass is 608 g/mol. The zero-order valence-electron chi connectivity index (χ0n) is 22.5. The molecule has 216 valence electrons. The first kappa shape index (κ1) is 28.3. The lowest BCUT2D eigenvalue weighted by Crippen LogP contribution is -2.52. The average molecular weight is 609 g/mol. The molecule has 6 rings (SSSR count). The minimum absolute atomic E-state index is 0.00384. The molecule has 11 heteroatoms. The Labute approximate surface area is 252 Å². The number of rotatable bonds is 5. The Morgan fingerprint density at radius 1 is 0.881 bits per heavy atom. The van der Waals surface area contributed by atoms with E-state index in [0.717, 1.165) is 17.2 Å². The van der Waals surface area contributed by atoms with Gasteiger partial charge in [0.25, 0.3) is 11.8 Å². The summed E-state index contributed by atoms with van der Waals surface area (Å²) in [6.07, 6.45) is 0.279. The average Bonchev–Trinajstić information content (AvgIpc) is 3.31. The molecule has 1 N–H and O–H groups in total. The summed E-state index contributed by atoms with van der Waals surface area (Å²) in [5.41, 5.74) is 2.51. The third kappa shape index (κ3) is 5.40. The largest absolute Gasteiger partial charge is 0.336 e. The van der Waals surface area contributed by atoms with E-state index in [9.17, 15) is 19.2 Å². The second-order valence-corrected chi connectivity index (χ2v) is 11.6. The van der Waals surface area contributed by atoms with Gasteiger partial charge in [0, 0.05) is 54.8 Å². The van der Waals surface area contributed by atoms with Gasteiger partial charge in [0.05, 0.1) is 11.6 Å². The highest BCUT2D eigenvalue weighted by Gasteiger charge is 2.41. The van der Waals surface area contributed by atoms with Crippen molar-refractivity contribution >= 4 is 46.8 Å². The van der Waals surface area contributed by atoms with E-state index in [2.05, 4.69) is 10.2 Å². The number of amides is 4. The lowest BCUT2D eigenvalue weighted by atomic mass is 9.96. The molecule has 0 aliphatic carbocycles. The fourth-order valence-corrected chi connectivity index (χ4v) is 6.30. The van der Waals surface area contributed by atoms with Crippen LogP contribution in [0, 0.1) is 5.82 Å². The molecular weight excluding hydrogens is 582 g/mol. The smallest absolute Gasteiger partial charge is 0.258 e. The lowest BCUT2D eigenvalue weighted by Gasteiger charge is -2.40. The van der Waals surface area contributed by atoms with Crippen LogP contribution in [0.5, 0.6) is 0 Å². The molecule has 1 unspecified atom stereocenters. The SMILES string of the molecule is O=C1CCC(N2Cc3cc(C(=O)N4CCN(C(c5ccc(Cl)cc5)c5ccc(Cl)cc5)CC4)cc(F)c3C2=O)C(=O)N1. The number of nitrogens with zero attached hydrogens (tertiary/aromatic N) is 3. The zero-order valence-corrected chi connectivity index (χ0v) is 24.0. The first-order chi connectivity index (χ1) is 20.2. The van der Waals surface area contributed by atoms with E-state index in [1.807, 2.05) is 48.5 Å². The molecule has 0 aromatic heterocycles. The molecule has 3 aromatic rings. The van der Waals surface area contributed by atoms with Gasteiger partial charge in [0.1, 0.15) is 11.9 Å². The van der Waals surface area contributed by atoms with Gasteiger partial charge in [-0.15, -0.1) is 0 Å². The summed E-state index contributed by atoms with van der Waals surface area (Å²) in [4.78, 5) is 55.6. The number of benzene rings is 3. The van der Waals surface area contributed by atoms with Crippen LogP contribution < -0.4 is 5.32 Å². The molecule has 3 aliphatic rings. The summed E-state index contributed by atoms with van der Waals surface area (Å²) in [6, 6.07) is 17.1. The summed E-state index contributed by atoms with van der Waals surface area (Å²) in [5.74, 6) is -2.69. The normalized spacial score (nSPS) is 19.3. The van der Waals surface area contributed by atoms with E-state index in [1.54, 1.807) is 11.0 Å². The van der Waals surface area contributed by atoms with Crippen molar-refractivity contribution in [3.63, 3.8) is 0 Å². The van der Waals surface area contributed by atoms with Crippen LogP contribution in [0.2, 0.25) is 10.0 Å². The number of carbonyl (C=O) groups excluding carboxylic acids is 4. The van der Waals surface area contributed by atoms with Gasteiger partial charge < -0.3 is 9.80 Å². The van der Waals surface area contributed by atoms with Gasteiger partial charge in [-0.1, -0.05) is 47.5 Å². The molecule has 3 aliphatic heterocycles. The Kier molecular flexibility index (Phi) is 7.74. The third-order valence-electron chi connectivity index (χ3n) is 8.16. The molecule has 0 radical (unpaired) electrons. The van der Waals surface area contributed by atoms with Gasteiger partial charge in [-0.2, -0.15) is 0 Å². The van der Waals surface area contributed by atoms with E-state index >= 15 is 4.39 Å². The molecule has 0 saturated carbocycles. The van der Waals surface area contributed by atoms with E-state index in [1.165, 1.54) is 4.90 Å². The minimum atomic E-state index is -0.858. The molecule has 0 bridgehead atoms. The fraction of sp³-hybridized carbons (Fsp3) is 0.290. The Bertz CT molecular complexity index is 1530. The summed E-state index contributed by atoms with van der Waals surface area (Å²) >= 11 is 12.3. The van der Waals surface area contributed by atoms with Crippen molar-refractivity contribution in [2.75, 3.05) is 26.2 Å². The maximum atomic E-state index is 15.2. The third-order valence-corrected chi connectivity index (χ3v) is 8.66. The number of carbonyl (C=O) groups is 4. The molecule has 4 amide bonds. The number of piperidine rings is 1. The van der Waals surface area contributed by atoms with Crippen molar-refractivity contribution in [1.29, 1.82) is 0 Å². The van der Waals surface area contributed by atoms with E-state index in [0.29, 0.717) is 41.8 Å². The summed E-state index contributed by atoms with van der Waals surface area (Å²) in [5, 5.41) is 3.53. The molecule has 0 spiro atoms. The lowest BCUT2D eigenvalue weighted by molar-refractivity contribution is -0.136. The van der Waals surface area contributed by atoms with Gasteiger partial charge in [0.2, 0.25) is 11.8 Å². The molecular formula is C31H27Cl2FN4O4. The maximum Gasteiger partial charge on any atom is 0.258 e. The topological polar surface area (TPSA) is 90.0 Å². The van der Waals surface area contributed by atoms with Crippen LogP contribution in [0.3, 0.4) is 0 Å². The van der Waals surface area contributed by atoms with Crippen LogP contribution in [0.15, 0.2) is 60.7 Å². The predicted molar refractivity (Wildman–Crippen MR) is 155 cm³/mol. The second kappa shape index (κ2) is 11.5. The molecule has 3 aromatic carbocycles. The molecule has 1 atom stereocenters. The van der Waals surface area contributed by atoms with Crippen LogP contribution in [0.25, 0.3) is 0 Å². The van der Waals surface area contributed by atoms with Crippen molar-refractivity contribution < 1.29 is 23.6 Å². The number of hydrogen-bond acceptors (Lipinski definition) is 5.